The normalized spacial score (nSPS) is 13.6. The number of imidazole rings is 1. The number of nitrogens with zero attached hydrogens (tertiary/aromatic N) is 2. The summed E-state index contributed by atoms with van der Waals surface area (Å²) in [7, 11) is 0. The Balaban J connectivity index is 1.91. The van der Waals surface area contributed by atoms with Crippen LogP contribution in [-0.2, 0) is 11.3 Å². The zero-order chi connectivity index (χ0) is 23.1. The first kappa shape index (κ1) is 23.7. The van der Waals surface area contributed by atoms with E-state index in [0.717, 1.165) is 23.6 Å². The molecule has 0 unspecified atom stereocenters. The molecule has 3 rings (SSSR count). The van der Waals surface area contributed by atoms with Crippen molar-refractivity contribution in [2.45, 2.75) is 52.2 Å². The van der Waals surface area contributed by atoms with E-state index >= 15 is 0 Å². The molecule has 170 valence electrons. The van der Waals surface area contributed by atoms with Gasteiger partial charge in [-0.25, -0.2) is 4.98 Å². The molecule has 0 fully saturated rings. The van der Waals surface area contributed by atoms with Crippen LogP contribution in [0, 0.1) is 5.41 Å². The molecule has 6 heteroatoms. The zero-order valence-corrected chi connectivity index (χ0v) is 19.3. The molecule has 6 nitrogen and oxygen atoms in total. The number of nitrogens with two attached hydrogens (primary N) is 2. The number of carbonyl (C=O) groups excluding carboxylic acids is 1. The molecule has 5 N–H and O–H groups in total. The maximum atomic E-state index is 11.2. The second kappa shape index (κ2) is 10.6. The van der Waals surface area contributed by atoms with E-state index in [-0.39, 0.29) is 29.8 Å². The van der Waals surface area contributed by atoms with Gasteiger partial charge in [-0.1, -0.05) is 81.4 Å². The zero-order valence-electron chi connectivity index (χ0n) is 19.3. The lowest BCUT2D eigenvalue weighted by Crippen LogP contribution is -2.38. The monoisotopic (exact) mass is 433 g/mol. The highest BCUT2D eigenvalue weighted by Crippen LogP contribution is 2.34. The predicted octanol–water partition coefficient (Wildman–Crippen LogP) is 3.87. The quantitative estimate of drug-likeness (QED) is 0.452. The molecule has 32 heavy (non-hydrogen) atoms. The van der Waals surface area contributed by atoms with Crippen LogP contribution in [0.5, 0.6) is 0 Å². The number of benzene rings is 2. The van der Waals surface area contributed by atoms with Crippen molar-refractivity contribution in [2.75, 3.05) is 6.54 Å². The summed E-state index contributed by atoms with van der Waals surface area (Å²) < 4.78 is 2.24. The number of carbonyl (C=O) groups is 1. The summed E-state index contributed by atoms with van der Waals surface area (Å²) in [5.41, 5.74) is 14.5. The molecule has 0 aliphatic heterocycles. The molecule has 1 heterocycles. The van der Waals surface area contributed by atoms with Gasteiger partial charge in [0.05, 0.1) is 11.7 Å². The number of rotatable bonds is 10. The first-order chi connectivity index (χ1) is 15.2. The molecular formula is C26H35N5O. The SMILES string of the molecule is CC(C)(C)[C@@H](NCC[C@@H](N)CC(N)=O)c1nc(-c2ccccc2)cn1Cc1ccccc1. The van der Waals surface area contributed by atoms with E-state index in [9.17, 15) is 4.79 Å². The summed E-state index contributed by atoms with van der Waals surface area (Å²) in [6, 6.07) is 20.4. The number of aromatic nitrogens is 2. The minimum atomic E-state index is -0.365. The fourth-order valence-electron chi connectivity index (χ4n) is 3.87. The Hall–Kier alpha value is -2.96. The van der Waals surface area contributed by atoms with E-state index in [1.807, 2.05) is 24.3 Å². The summed E-state index contributed by atoms with van der Waals surface area (Å²) >= 11 is 0. The molecule has 3 aromatic rings. The number of amides is 1. The summed E-state index contributed by atoms with van der Waals surface area (Å²) in [5, 5.41) is 3.66. The van der Waals surface area contributed by atoms with Crippen LogP contribution in [-0.4, -0.2) is 28.0 Å². The van der Waals surface area contributed by atoms with E-state index < -0.39 is 0 Å². The van der Waals surface area contributed by atoms with Gasteiger partial charge in [-0.3, -0.25) is 4.79 Å². The van der Waals surface area contributed by atoms with Crippen LogP contribution in [0.4, 0.5) is 0 Å². The minimum absolute atomic E-state index is 0.00412. The second-order valence-corrected chi connectivity index (χ2v) is 9.44. The number of hydrogen-bond acceptors (Lipinski definition) is 4. The number of nitrogens with one attached hydrogen (secondary N) is 1. The molecular weight excluding hydrogens is 398 g/mol. The van der Waals surface area contributed by atoms with E-state index in [1.54, 1.807) is 0 Å². The van der Waals surface area contributed by atoms with Crippen LogP contribution in [0.1, 0.15) is 51.0 Å². The Labute approximate surface area is 191 Å². The third-order valence-corrected chi connectivity index (χ3v) is 5.52. The lowest BCUT2D eigenvalue weighted by Gasteiger charge is -2.32. The van der Waals surface area contributed by atoms with Crippen molar-refractivity contribution in [3.05, 3.63) is 78.2 Å². The van der Waals surface area contributed by atoms with Gasteiger partial charge in [0, 0.05) is 30.8 Å². The molecule has 1 aromatic heterocycles. The molecule has 0 aliphatic rings. The largest absolute Gasteiger partial charge is 0.370 e. The Morgan fingerprint density at radius 2 is 1.69 bits per heavy atom. The van der Waals surface area contributed by atoms with Gasteiger partial charge < -0.3 is 21.4 Å². The third-order valence-electron chi connectivity index (χ3n) is 5.52. The minimum Gasteiger partial charge on any atom is -0.370 e. The third kappa shape index (κ3) is 6.52. The number of hydrogen-bond donors (Lipinski definition) is 3. The van der Waals surface area contributed by atoms with Crippen molar-refractivity contribution >= 4 is 5.91 Å². The average Bonchev–Trinajstić information content (AvgIpc) is 3.14. The van der Waals surface area contributed by atoms with Gasteiger partial charge in [0.25, 0.3) is 0 Å². The summed E-state index contributed by atoms with van der Waals surface area (Å²) in [5.74, 6) is 0.624. The highest BCUT2D eigenvalue weighted by Gasteiger charge is 2.30. The van der Waals surface area contributed by atoms with Gasteiger partial charge in [-0.2, -0.15) is 0 Å². The molecule has 2 atom stereocenters. The smallest absolute Gasteiger partial charge is 0.218 e. The molecule has 0 saturated carbocycles. The van der Waals surface area contributed by atoms with Gasteiger partial charge in [0.15, 0.2) is 0 Å². The first-order valence-corrected chi connectivity index (χ1v) is 11.2. The standard InChI is InChI=1S/C26H35N5O/c1-26(2,3)24(29-15-14-21(27)16-23(28)32)25-30-22(20-12-8-5-9-13-20)18-31(25)17-19-10-6-4-7-11-19/h4-13,18,21,24,29H,14-17,27H2,1-3H3,(H2,28,32)/t21-,24+/m1/s1. The van der Waals surface area contributed by atoms with Crippen molar-refractivity contribution < 1.29 is 4.79 Å². The van der Waals surface area contributed by atoms with Crippen LogP contribution >= 0.6 is 0 Å². The molecule has 0 bridgehead atoms. The van der Waals surface area contributed by atoms with Crippen molar-refractivity contribution in [3.8, 4) is 11.3 Å². The van der Waals surface area contributed by atoms with Gasteiger partial charge >= 0.3 is 0 Å². The molecule has 0 radical (unpaired) electrons. The summed E-state index contributed by atoms with van der Waals surface area (Å²) in [6.07, 6.45) is 3.00. The van der Waals surface area contributed by atoms with Gasteiger partial charge in [0.2, 0.25) is 5.91 Å². The van der Waals surface area contributed by atoms with Crippen LogP contribution in [0.15, 0.2) is 66.9 Å². The van der Waals surface area contributed by atoms with Gasteiger partial charge in [0.1, 0.15) is 5.82 Å². The lowest BCUT2D eigenvalue weighted by atomic mass is 9.86. The van der Waals surface area contributed by atoms with Crippen molar-refractivity contribution in [1.82, 2.24) is 14.9 Å². The van der Waals surface area contributed by atoms with Gasteiger partial charge in [-0.15, -0.1) is 0 Å². The average molecular weight is 434 g/mol. The highest BCUT2D eigenvalue weighted by atomic mass is 16.1. The number of primary amides is 1. The topological polar surface area (TPSA) is 99.0 Å². The van der Waals surface area contributed by atoms with Crippen molar-refractivity contribution in [1.29, 1.82) is 0 Å². The van der Waals surface area contributed by atoms with Crippen LogP contribution in [0.25, 0.3) is 11.3 Å². The molecule has 2 aromatic carbocycles. The van der Waals surface area contributed by atoms with Crippen LogP contribution in [0.3, 0.4) is 0 Å². The Bertz CT molecular complexity index is 992. The van der Waals surface area contributed by atoms with Crippen LogP contribution < -0.4 is 16.8 Å². The van der Waals surface area contributed by atoms with E-state index in [2.05, 4.69) is 73.3 Å². The highest BCUT2D eigenvalue weighted by molar-refractivity contribution is 5.74. The second-order valence-electron chi connectivity index (χ2n) is 9.44. The van der Waals surface area contributed by atoms with E-state index in [0.29, 0.717) is 13.0 Å². The fourth-order valence-corrected chi connectivity index (χ4v) is 3.87. The Kier molecular flexibility index (Phi) is 7.83. The summed E-state index contributed by atoms with van der Waals surface area (Å²) in [4.78, 5) is 16.2. The van der Waals surface area contributed by atoms with Crippen molar-refractivity contribution in [3.63, 3.8) is 0 Å². The Morgan fingerprint density at radius 1 is 1.06 bits per heavy atom. The van der Waals surface area contributed by atoms with Crippen molar-refractivity contribution in [2.24, 2.45) is 16.9 Å². The predicted molar refractivity (Wildman–Crippen MR) is 130 cm³/mol. The lowest BCUT2D eigenvalue weighted by molar-refractivity contribution is -0.118. The maximum absolute atomic E-state index is 11.2. The Morgan fingerprint density at radius 3 is 2.28 bits per heavy atom. The first-order valence-electron chi connectivity index (χ1n) is 11.2. The maximum Gasteiger partial charge on any atom is 0.218 e. The molecule has 0 spiro atoms. The van der Waals surface area contributed by atoms with Crippen LogP contribution in [0.2, 0.25) is 0 Å². The molecule has 0 saturated heterocycles. The fraction of sp³-hybridized carbons (Fsp3) is 0.385. The van der Waals surface area contributed by atoms with Gasteiger partial charge in [-0.05, 0) is 23.9 Å². The van der Waals surface area contributed by atoms with E-state index in [4.69, 9.17) is 16.5 Å². The van der Waals surface area contributed by atoms with E-state index in [1.165, 1.54) is 5.56 Å². The summed E-state index contributed by atoms with van der Waals surface area (Å²) in [6.45, 7) is 8.04. The molecule has 0 aliphatic carbocycles. The molecule has 1 amide bonds.